The van der Waals surface area contributed by atoms with Gasteiger partial charge in [0.25, 0.3) is 0 Å². The molecule has 3 N–H and O–H groups in total. The van der Waals surface area contributed by atoms with Gasteiger partial charge in [-0.1, -0.05) is 13.8 Å². The van der Waals surface area contributed by atoms with Crippen LogP contribution in [-0.4, -0.2) is 42.8 Å². The Balaban J connectivity index is 3.27. The van der Waals surface area contributed by atoms with E-state index >= 15 is 0 Å². The summed E-state index contributed by atoms with van der Waals surface area (Å²) in [5.41, 5.74) is 5.07. The third-order valence-corrected chi connectivity index (χ3v) is 4.52. The number of primary amides is 1. The maximum atomic E-state index is 12.5. The highest BCUT2D eigenvalue weighted by Crippen LogP contribution is 2.24. The lowest BCUT2D eigenvalue weighted by molar-refractivity contribution is -0.118. The highest BCUT2D eigenvalue weighted by atomic mass is 32.2. The molecule has 1 amide bonds. The fraction of sp³-hybridized carbons (Fsp3) is 0.500. The number of hydrogen-bond acceptors (Lipinski definition) is 5. The van der Waals surface area contributed by atoms with Gasteiger partial charge in [-0.25, -0.2) is 13.2 Å². The summed E-state index contributed by atoms with van der Waals surface area (Å²) in [4.78, 5) is 21.6. The van der Waals surface area contributed by atoms with E-state index in [0.717, 1.165) is 10.4 Å². The first-order chi connectivity index (χ1) is 9.55. The van der Waals surface area contributed by atoms with Gasteiger partial charge in [0, 0.05) is 12.6 Å². The van der Waals surface area contributed by atoms with Crippen LogP contribution in [0.3, 0.4) is 0 Å². The van der Waals surface area contributed by atoms with Crippen molar-refractivity contribution >= 4 is 21.9 Å². The van der Waals surface area contributed by atoms with E-state index in [9.17, 15) is 18.0 Å². The third kappa shape index (κ3) is 4.05. The van der Waals surface area contributed by atoms with Gasteiger partial charge in [0.1, 0.15) is 10.7 Å². The molecule has 1 rings (SSSR count). The fourth-order valence-electron chi connectivity index (χ4n) is 1.79. The Morgan fingerprint density at radius 2 is 2.00 bits per heavy atom. The van der Waals surface area contributed by atoms with Crippen LogP contribution in [0.1, 0.15) is 30.2 Å². The zero-order valence-corrected chi connectivity index (χ0v) is 12.8. The molecule has 0 aromatic carbocycles. The molecule has 0 aliphatic heterocycles. The van der Waals surface area contributed by atoms with Crippen LogP contribution in [0.4, 0.5) is 0 Å². The summed E-state index contributed by atoms with van der Waals surface area (Å²) in [7, 11) is -4.06. The third-order valence-electron chi connectivity index (χ3n) is 2.60. The van der Waals surface area contributed by atoms with Crippen LogP contribution in [0.2, 0.25) is 0 Å². The predicted octanol–water partition coefficient (Wildman–Crippen LogP) is 0.418. The van der Waals surface area contributed by atoms with Crippen LogP contribution in [0, 0.1) is 12.8 Å². The Kier molecular flexibility index (Phi) is 5.13. The number of sulfonamides is 1. The first-order valence-corrected chi connectivity index (χ1v) is 7.62. The number of carbonyl (C=O) groups excluding carboxylic acids is 1. The largest absolute Gasteiger partial charge is 0.475 e. The molecule has 1 aromatic rings. The molecule has 1 heterocycles. The topological polar surface area (TPSA) is 131 Å². The number of furan rings is 1. The number of hydrogen-bond donors (Lipinski definition) is 2. The quantitative estimate of drug-likeness (QED) is 0.749. The minimum Gasteiger partial charge on any atom is -0.475 e. The monoisotopic (exact) mass is 318 g/mol. The van der Waals surface area contributed by atoms with Gasteiger partial charge in [0.05, 0.1) is 6.54 Å². The van der Waals surface area contributed by atoms with Gasteiger partial charge >= 0.3 is 5.97 Å². The van der Waals surface area contributed by atoms with E-state index in [1.807, 2.05) is 0 Å². The lowest BCUT2D eigenvalue weighted by Gasteiger charge is -2.22. The van der Waals surface area contributed by atoms with E-state index in [1.54, 1.807) is 13.8 Å². The van der Waals surface area contributed by atoms with E-state index in [1.165, 1.54) is 6.92 Å². The molecule has 0 saturated carbocycles. The number of rotatable bonds is 7. The maximum absolute atomic E-state index is 12.5. The van der Waals surface area contributed by atoms with Crippen molar-refractivity contribution in [3.8, 4) is 0 Å². The van der Waals surface area contributed by atoms with Crippen molar-refractivity contribution in [2.45, 2.75) is 25.7 Å². The second kappa shape index (κ2) is 6.27. The molecule has 9 heteroatoms. The Morgan fingerprint density at radius 1 is 1.43 bits per heavy atom. The molecule has 0 bridgehead atoms. The number of carboxylic acid groups (broad SMARTS) is 1. The van der Waals surface area contributed by atoms with Crippen LogP contribution in [-0.2, 0) is 14.8 Å². The summed E-state index contributed by atoms with van der Waals surface area (Å²) in [5, 5.41) is 8.84. The molecular weight excluding hydrogens is 300 g/mol. The summed E-state index contributed by atoms with van der Waals surface area (Å²) in [5.74, 6) is -2.73. The van der Waals surface area contributed by atoms with E-state index in [-0.39, 0.29) is 23.1 Å². The molecule has 1 aromatic heterocycles. The smallest absolute Gasteiger partial charge is 0.371 e. The normalized spacial score (nSPS) is 12.0. The van der Waals surface area contributed by atoms with Crippen molar-refractivity contribution < 1.29 is 27.5 Å². The van der Waals surface area contributed by atoms with Crippen LogP contribution in [0.5, 0.6) is 0 Å². The van der Waals surface area contributed by atoms with E-state index in [4.69, 9.17) is 15.3 Å². The number of nitrogens with zero attached hydrogens (tertiary/aromatic N) is 1. The standard InChI is InChI=1S/C12H18N2O6S/c1-7(2)5-14(6-11(13)15)21(18,19)10-4-9(12(16)17)20-8(10)3/h4,7H,5-6H2,1-3H3,(H2,13,15)(H,16,17). The van der Waals surface area contributed by atoms with Crippen LogP contribution < -0.4 is 5.73 Å². The van der Waals surface area contributed by atoms with Crippen molar-refractivity contribution in [3.63, 3.8) is 0 Å². The maximum Gasteiger partial charge on any atom is 0.371 e. The molecule has 118 valence electrons. The number of carbonyl (C=O) groups is 2. The van der Waals surface area contributed by atoms with Crippen molar-refractivity contribution in [2.24, 2.45) is 11.7 Å². The van der Waals surface area contributed by atoms with Gasteiger partial charge in [0.15, 0.2) is 0 Å². The van der Waals surface area contributed by atoms with Crippen molar-refractivity contribution in [1.82, 2.24) is 4.31 Å². The zero-order valence-electron chi connectivity index (χ0n) is 12.0. The molecule has 0 radical (unpaired) electrons. The first-order valence-electron chi connectivity index (χ1n) is 6.18. The second-order valence-corrected chi connectivity index (χ2v) is 6.90. The summed E-state index contributed by atoms with van der Waals surface area (Å²) < 4.78 is 30.9. The number of nitrogens with two attached hydrogens (primary N) is 1. The lowest BCUT2D eigenvalue weighted by Crippen LogP contribution is -2.40. The van der Waals surface area contributed by atoms with Crippen molar-refractivity contribution in [3.05, 3.63) is 17.6 Å². The number of aryl methyl sites for hydroxylation is 1. The number of carboxylic acids is 1. The van der Waals surface area contributed by atoms with E-state index in [2.05, 4.69) is 0 Å². The Labute approximate surface area is 122 Å². The highest BCUT2D eigenvalue weighted by molar-refractivity contribution is 7.89. The minimum atomic E-state index is -4.06. The van der Waals surface area contributed by atoms with Gasteiger partial charge in [0.2, 0.25) is 21.7 Å². The predicted molar refractivity (Wildman–Crippen MR) is 73.2 cm³/mol. The molecule has 0 saturated heterocycles. The summed E-state index contributed by atoms with van der Waals surface area (Å²) in [6.45, 7) is 4.52. The average Bonchev–Trinajstić information content (AvgIpc) is 2.70. The SMILES string of the molecule is Cc1oc(C(=O)O)cc1S(=O)(=O)N(CC(N)=O)CC(C)C. The molecular formula is C12H18N2O6S. The number of amides is 1. The Morgan fingerprint density at radius 3 is 2.38 bits per heavy atom. The van der Waals surface area contributed by atoms with Gasteiger partial charge < -0.3 is 15.3 Å². The van der Waals surface area contributed by atoms with Crippen LogP contribution >= 0.6 is 0 Å². The fourth-order valence-corrected chi connectivity index (χ4v) is 3.53. The Hall–Kier alpha value is -1.87. The molecule has 0 spiro atoms. The second-order valence-electron chi connectivity index (χ2n) is 4.99. The van der Waals surface area contributed by atoms with Gasteiger partial charge in [-0.2, -0.15) is 4.31 Å². The summed E-state index contributed by atoms with van der Waals surface area (Å²) in [6.07, 6.45) is 0. The molecule has 8 nitrogen and oxygen atoms in total. The molecule has 0 aliphatic carbocycles. The van der Waals surface area contributed by atoms with Gasteiger partial charge in [-0.3, -0.25) is 4.79 Å². The highest BCUT2D eigenvalue weighted by Gasteiger charge is 2.31. The molecule has 0 atom stereocenters. The van der Waals surface area contributed by atoms with E-state index < -0.39 is 34.2 Å². The first kappa shape index (κ1) is 17.2. The van der Waals surface area contributed by atoms with Crippen LogP contribution in [0.15, 0.2) is 15.4 Å². The van der Waals surface area contributed by atoms with Crippen molar-refractivity contribution in [1.29, 1.82) is 0 Å². The van der Waals surface area contributed by atoms with Gasteiger partial charge in [-0.15, -0.1) is 0 Å². The Bertz CT molecular complexity index is 647. The summed E-state index contributed by atoms with van der Waals surface area (Å²) >= 11 is 0. The number of aromatic carboxylic acids is 1. The average molecular weight is 318 g/mol. The molecule has 0 fully saturated rings. The molecule has 21 heavy (non-hydrogen) atoms. The molecule has 0 unspecified atom stereocenters. The van der Waals surface area contributed by atoms with E-state index in [0.29, 0.717) is 0 Å². The summed E-state index contributed by atoms with van der Waals surface area (Å²) in [6, 6.07) is 0.932. The van der Waals surface area contributed by atoms with Crippen LogP contribution in [0.25, 0.3) is 0 Å². The zero-order chi connectivity index (χ0) is 16.4. The minimum absolute atomic E-state index is 0.0368. The van der Waals surface area contributed by atoms with Gasteiger partial charge in [-0.05, 0) is 12.8 Å². The lowest BCUT2D eigenvalue weighted by atomic mass is 10.2. The van der Waals surface area contributed by atoms with Crippen molar-refractivity contribution in [2.75, 3.05) is 13.1 Å². The molecule has 0 aliphatic rings.